The van der Waals surface area contributed by atoms with Gasteiger partial charge in [0.2, 0.25) is 5.91 Å². The lowest BCUT2D eigenvalue weighted by Gasteiger charge is -2.16. The summed E-state index contributed by atoms with van der Waals surface area (Å²) in [4.78, 5) is 12.8. The zero-order valence-corrected chi connectivity index (χ0v) is 9.84. The van der Waals surface area contributed by atoms with Crippen molar-refractivity contribution in [3.8, 4) is 0 Å². The molecule has 1 saturated heterocycles. The highest BCUT2D eigenvalue weighted by Crippen LogP contribution is 2.18. The second kappa shape index (κ2) is 5.42. The van der Waals surface area contributed by atoms with Crippen LogP contribution >= 0.6 is 12.4 Å². The highest BCUT2D eigenvalue weighted by molar-refractivity contribution is 5.85. The van der Waals surface area contributed by atoms with E-state index in [1.54, 1.807) is 0 Å². The zero-order valence-electron chi connectivity index (χ0n) is 9.03. The van der Waals surface area contributed by atoms with E-state index in [2.05, 4.69) is 0 Å². The van der Waals surface area contributed by atoms with Crippen molar-refractivity contribution < 1.29 is 13.6 Å². The van der Waals surface area contributed by atoms with Gasteiger partial charge in [-0.1, -0.05) is 6.07 Å². The molecule has 0 radical (unpaired) electrons. The second-order valence-electron chi connectivity index (χ2n) is 3.94. The van der Waals surface area contributed by atoms with E-state index in [0.717, 1.165) is 0 Å². The lowest BCUT2D eigenvalue weighted by atomic mass is 10.2. The largest absolute Gasteiger partial charge is 0.337 e. The van der Waals surface area contributed by atoms with Crippen molar-refractivity contribution in [1.29, 1.82) is 0 Å². The number of likely N-dealkylation sites (tertiary alicyclic amines) is 1. The Morgan fingerprint density at radius 2 is 1.94 bits per heavy atom. The Balaban J connectivity index is 0.00000144. The Bertz CT molecular complexity index is 408. The van der Waals surface area contributed by atoms with Crippen LogP contribution in [0.25, 0.3) is 0 Å². The van der Waals surface area contributed by atoms with E-state index >= 15 is 0 Å². The summed E-state index contributed by atoms with van der Waals surface area (Å²) in [6, 6.07) is 3.42. The third kappa shape index (κ3) is 2.92. The summed E-state index contributed by atoms with van der Waals surface area (Å²) >= 11 is 0. The van der Waals surface area contributed by atoms with Crippen molar-refractivity contribution >= 4 is 18.3 Å². The maximum Gasteiger partial charge on any atom is 0.224 e. The van der Waals surface area contributed by atoms with Crippen molar-refractivity contribution in [2.45, 2.75) is 19.0 Å². The highest BCUT2D eigenvalue weighted by Gasteiger charge is 2.28. The molecule has 0 aliphatic carbocycles. The van der Waals surface area contributed by atoms with Crippen LogP contribution in [0.4, 0.5) is 8.78 Å². The molecule has 1 aromatic carbocycles. The van der Waals surface area contributed by atoms with Gasteiger partial charge >= 0.3 is 0 Å². The van der Waals surface area contributed by atoms with Crippen molar-refractivity contribution in [3.05, 3.63) is 35.4 Å². The highest BCUT2D eigenvalue weighted by atomic mass is 35.5. The van der Waals surface area contributed by atoms with E-state index in [1.165, 1.54) is 23.1 Å². The first-order valence-corrected chi connectivity index (χ1v) is 5.04. The Morgan fingerprint density at radius 3 is 2.41 bits per heavy atom. The molecule has 2 rings (SSSR count). The SMILES string of the molecule is Cl.NC1CC(=O)N(Cc2c(F)cccc2F)C1. The zero-order chi connectivity index (χ0) is 11.7. The van der Waals surface area contributed by atoms with Crippen LogP contribution in [0.3, 0.4) is 0 Å². The van der Waals surface area contributed by atoms with E-state index < -0.39 is 11.6 Å². The van der Waals surface area contributed by atoms with Gasteiger partial charge in [0, 0.05) is 24.6 Å². The summed E-state index contributed by atoms with van der Waals surface area (Å²) in [5.74, 6) is -1.42. The molecule has 0 bridgehead atoms. The first-order chi connectivity index (χ1) is 7.58. The third-order valence-corrected chi connectivity index (χ3v) is 2.66. The monoisotopic (exact) mass is 262 g/mol. The predicted octanol–water partition coefficient (Wildman–Crippen LogP) is 1.45. The van der Waals surface area contributed by atoms with Gasteiger partial charge in [-0.05, 0) is 12.1 Å². The Kier molecular flexibility index (Phi) is 4.42. The third-order valence-electron chi connectivity index (χ3n) is 2.66. The van der Waals surface area contributed by atoms with E-state index in [0.29, 0.717) is 6.54 Å². The molecule has 94 valence electrons. The van der Waals surface area contributed by atoms with Crippen molar-refractivity contribution in [2.24, 2.45) is 5.73 Å². The summed E-state index contributed by atoms with van der Waals surface area (Å²) in [5, 5.41) is 0. The Hall–Kier alpha value is -1.20. The fourth-order valence-electron chi connectivity index (χ4n) is 1.83. The van der Waals surface area contributed by atoms with Gasteiger partial charge in [-0.3, -0.25) is 4.79 Å². The molecule has 2 N–H and O–H groups in total. The van der Waals surface area contributed by atoms with Crippen molar-refractivity contribution in [3.63, 3.8) is 0 Å². The molecule has 1 fully saturated rings. The van der Waals surface area contributed by atoms with Crippen LogP contribution in [-0.2, 0) is 11.3 Å². The predicted molar refractivity (Wildman–Crippen MR) is 61.6 cm³/mol. The van der Waals surface area contributed by atoms with Crippen LogP contribution in [-0.4, -0.2) is 23.4 Å². The van der Waals surface area contributed by atoms with Crippen LogP contribution in [0.15, 0.2) is 18.2 Å². The first-order valence-electron chi connectivity index (χ1n) is 5.04. The molecular weight excluding hydrogens is 250 g/mol. The number of benzene rings is 1. The molecule has 1 amide bonds. The summed E-state index contributed by atoms with van der Waals surface area (Å²) in [7, 11) is 0. The number of amides is 1. The number of carbonyl (C=O) groups is 1. The Morgan fingerprint density at radius 1 is 1.35 bits per heavy atom. The summed E-state index contributed by atoms with van der Waals surface area (Å²) in [5.41, 5.74) is 5.52. The van der Waals surface area contributed by atoms with Crippen molar-refractivity contribution in [1.82, 2.24) is 4.90 Å². The fourth-order valence-corrected chi connectivity index (χ4v) is 1.83. The molecule has 1 aliphatic rings. The van der Waals surface area contributed by atoms with Gasteiger partial charge in [-0.15, -0.1) is 12.4 Å². The molecule has 1 aromatic rings. The molecule has 3 nitrogen and oxygen atoms in total. The molecule has 1 atom stereocenters. The van der Waals surface area contributed by atoms with E-state index in [4.69, 9.17) is 5.73 Å². The minimum Gasteiger partial charge on any atom is -0.337 e. The lowest BCUT2D eigenvalue weighted by Crippen LogP contribution is -2.28. The minimum absolute atomic E-state index is 0. The molecule has 1 aliphatic heterocycles. The summed E-state index contributed by atoms with van der Waals surface area (Å²) in [6.07, 6.45) is 0.246. The minimum atomic E-state index is -0.631. The topological polar surface area (TPSA) is 46.3 Å². The fraction of sp³-hybridized carbons (Fsp3) is 0.364. The molecule has 0 spiro atoms. The summed E-state index contributed by atoms with van der Waals surface area (Å²) < 4.78 is 26.6. The molecular formula is C11H13ClF2N2O. The average Bonchev–Trinajstić information content (AvgIpc) is 2.51. The average molecular weight is 263 g/mol. The standard InChI is InChI=1S/C11H12F2N2O.ClH/c12-9-2-1-3-10(13)8(9)6-15-5-7(14)4-11(15)16;/h1-3,7H,4-6,14H2;1H. The van der Waals surface area contributed by atoms with Crippen LogP contribution in [0.5, 0.6) is 0 Å². The summed E-state index contributed by atoms with van der Waals surface area (Å²) in [6.45, 7) is 0.303. The molecule has 17 heavy (non-hydrogen) atoms. The molecule has 0 saturated carbocycles. The molecule has 1 heterocycles. The number of nitrogens with two attached hydrogens (primary N) is 1. The van der Waals surface area contributed by atoms with Crippen molar-refractivity contribution in [2.75, 3.05) is 6.54 Å². The normalized spacial score (nSPS) is 19.4. The van der Waals surface area contributed by atoms with Gasteiger partial charge in [0.1, 0.15) is 11.6 Å². The van der Waals surface area contributed by atoms with Gasteiger partial charge in [0.05, 0.1) is 6.54 Å². The number of halogens is 3. The number of nitrogens with zero attached hydrogens (tertiary/aromatic N) is 1. The van der Waals surface area contributed by atoms with Crippen LogP contribution < -0.4 is 5.73 Å². The van der Waals surface area contributed by atoms with Gasteiger partial charge in [-0.2, -0.15) is 0 Å². The van der Waals surface area contributed by atoms with Crippen LogP contribution in [0.1, 0.15) is 12.0 Å². The number of hydrogen-bond acceptors (Lipinski definition) is 2. The Labute approximate surface area is 104 Å². The quantitative estimate of drug-likeness (QED) is 0.877. The smallest absolute Gasteiger partial charge is 0.224 e. The maximum absolute atomic E-state index is 13.3. The maximum atomic E-state index is 13.3. The van der Waals surface area contributed by atoms with Gasteiger partial charge in [0.25, 0.3) is 0 Å². The van der Waals surface area contributed by atoms with E-state index in [1.807, 2.05) is 0 Å². The number of hydrogen-bond donors (Lipinski definition) is 1. The lowest BCUT2D eigenvalue weighted by molar-refractivity contribution is -0.128. The van der Waals surface area contributed by atoms with E-state index in [9.17, 15) is 13.6 Å². The molecule has 0 aromatic heterocycles. The molecule has 6 heteroatoms. The van der Waals surface area contributed by atoms with Crippen LogP contribution in [0, 0.1) is 11.6 Å². The van der Waals surface area contributed by atoms with Gasteiger partial charge < -0.3 is 10.6 Å². The number of rotatable bonds is 2. The van der Waals surface area contributed by atoms with E-state index in [-0.39, 0.29) is 42.9 Å². The van der Waals surface area contributed by atoms with Crippen LogP contribution in [0.2, 0.25) is 0 Å². The second-order valence-corrected chi connectivity index (χ2v) is 3.94. The van der Waals surface area contributed by atoms with Gasteiger partial charge in [-0.25, -0.2) is 8.78 Å². The van der Waals surface area contributed by atoms with Gasteiger partial charge in [0.15, 0.2) is 0 Å². The number of carbonyl (C=O) groups excluding carboxylic acids is 1. The molecule has 1 unspecified atom stereocenters. The first kappa shape index (κ1) is 13.9.